The van der Waals surface area contributed by atoms with Gasteiger partial charge in [0.15, 0.2) is 0 Å². The first kappa shape index (κ1) is 18.2. The van der Waals surface area contributed by atoms with Gasteiger partial charge in [-0.2, -0.15) is 0 Å². The fraction of sp³-hybridized carbons (Fsp3) is 0.529. The molecule has 1 fully saturated rings. The van der Waals surface area contributed by atoms with E-state index in [1.165, 1.54) is 0 Å². The van der Waals surface area contributed by atoms with Crippen LogP contribution in [0.15, 0.2) is 23.0 Å². The topological polar surface area (TPSA) is 64.1 Å². The van der Waals surface area contributed by atoms with Gasteiger partial charge in [-0.15, -0.1) is 0 Å². The molecule has 1 aliphatic rings. The quantitative estimate of drug-likeness (QED) is 0.898. The molecule has 136 valence electrons. The molecule has 1 aromatic carbocycles. The van der Waals surface area contributed by atoms with E-state index in [0.29, 0.717) is 47.7 Å². The average molecular weight is 371 g/mol. The maximum absolute atomic E-state index is 13.1. The normalized spacial score (nSPS) is 18.2. The molecule has 1 unspecified atom stereocenters. The van der Waals surface area contributed by atoms with E-state index in [9.17, 15) is 13.6 Å². The Morgan fingerprint density at radius 2 is 2.04 bits per heavy atom. The summed E-state index contributed by atoms with van der Waals surface area (Å²) in [6.07, 6.45) is -1.14. The van der Waals surface area contributed by atoms with Crippen LogP contribution in [0, 0.1) is 0 Å². The molecule has 5 nitrogen and oxygen atoms in total. The Morgan fingerprint density at radius 3 is 2.64 bits per heavy atom. The summed E-state index contributed by atoms with van der Waals surface area (Å²) in [5, 5.41) is 0.735. The van der Waals surface area contributed by atoms with Crippen LogP contribution in [0.2, 0.25) is 5.02 Å². The summed E-state index contributed by atoms with van der Waals surface area (Å²) in [6, 6.07) is 4.61. The largest absolute Gasteiger partial charge is 0.322 e. The van der Waals surface area contributed by atoms with Crippen molar-refractivity contribution in [2.24, 2.45) is 5.73 Å². The van der Waals surface area contributed by atoms with Gasteiger partial charge in [0.1, 0.15) is 5.82 Å². The minimum Gasteiger partial charge on any atom is -0.322 e. The molecule has 1 atom stereocenters. The van der Waals surface area contributed by atoms with Gasteiger partial charge in [-0.05, 0) is 31.9 Å². The third-order valence-electron chi connectivity index (χ3n) is 4.63. The molecule has 0 saturated carbocycles. The lowest BCUT2D eigenvalue weighted by molar-refractivity contribution is 0.0694. The minimum atomic E-state index is -2.35. The van der Waals surface area contributed by atoms with Gasteiger partial charge in [-0.25, -0.2) is 13.8 Å². The number of benzene rings is 1. The molecule has 8 heteroatoms. The molecular weight excluding hydrogens is 350 g/mol. The van der Waals surface area contributed by atoms with Crippen LogP contribution in [-0.2, 0) is 0 Å². The third kappa shape index (κ3) is 3.68. The molecule has 2 N–H and O–H groups in total. The van der Waals surface area contributed by atoms with Gasteiger partial charge < -0.3 is 5.73 Å². The average Bonchev–Trinajstić information content (AvgIpc) is 2.55. The molecule has 25 heavy (non-hydrogen) atoms. The standard InChI is InChI=1S/C17H21ClF2N4O/c1-10(21)16-22-13-4-2-3-12(18)15(13)17(25)24(16)11-5-7-23(8-6-11)9-14(19)20/h2-4,10-11,14H,5-9,21H2,1H3. The van der Waals surface area contributed by atoms with Crippen molar-refractivity contribution in [1.29, 1.82) is 0 Å². The maximum Gasteiger partial charge on any atom is 0.263 e. The second-order valence-corrected chi connectivity index (χ2v) is 6.90. The van der Waals surface area contributed by atoms with Crippen molar-refractivity contribution in [3.8, 4) is 0 Å². The zero-order valence-corrected chi connectivity index (χ0v) is 14.7. The lowest BCUT2D eigenvalue weighted by Gasteiger charge is -2.34. The number of nitrogens with zero attached hydrogens (tertiary/aromatic N) is 3. The SMILES string of the molecule is CC(N)c1nc2cccc(Cl)c2c(=O)n1C1CCN(CC(F)F)CC1. The second-order valence-electron chi connectivity index (χ2n) is 6.49. The van der Waals surface area contributed by atoms with Crippen molar-refractivity contribution in [2.75, 3.05) is 19.6 Å². The van der Waals surface area contributed by atoms with Crippen LogP contribution < -0.4 is 11.3 Å². The van der Waals surface area contributed by atoms with Gasteiger partial charge in [0, 0.05) is 19.1 Å². The number of nitrogens with two attached hydrogens (primary N) is 1. The van der Waals surface area contributed by atoms with E-state index in [1.54, 1.807) is 34.6 Å². The summed E-state index contributed by atoms with van der Waals surface area (Å²) in [5.41, 5.74) is 6.36. The second kappa shape index (κ2) is 7.35. The van der Waals surface area contributed by atoms with Crippen LogP contribution in [0.3, 0.4) is 0 Å². The lowest BCUT2D eigenvalue weighted by Crippen LogP contribution is -2.41. The van der Waals surface area contributed by atoms with E-state index in [-0.39, 0.29) is 18.1 Å². The van der Waals surface area contributed by atoms with Gasteiger partial charge in [0.25, 0.3) is 12.0 Å². The summed E-state index contributed by atoms with van der Waals surface area (Å²) >= 11 is 6.21. The summed E-state index contributed by atoms with van der Waals surface area (Å²) in [5.74, 6) is 0.507. The number of alkyl halides is 2. The molecule has 0 radical (unpaired) electrons. The highest BCUT2D eigenvalue weighted by molar-refractivity contribution is 6.35. The molecule has 1 saturated heterocycles. The molecule has 1 aliphatic heterocycles. The zero-order valence-electron chi connectivity index (χ0n) is 14.0. The van der Waals surface area contributed by atoms with E-state index in [1.807, 2.05) is 0 Å². The number of hydrogen-bond acceptors (Lipinski definition) is 4. The first-order valence-electron chi connectivity index (χ1n) is 8.35. The Hall–Kier alpha value is -1.57. The predicted molar refractivity (Wildman–Crippen MR) is 94.3 cm³/mol. The summed E-state index contributed by atoms with van der Waals surface area (Å²) in [7, 11) is 0. The fourth-order valence-electron chi connectivity index (χ4n) is 3.45. The third-order valence-corrected chi connectivity index (χ3v) is 4.95. The molecular formula is C17H21ClF2N4O. The Balaban J connectivity index is 2.01. The fourth-order valence-corrected chi connectivity index (χ4v) is 3.70. The first-order valence-corrected chi connectivity index (χ1v) is 8.73. The van der Waals surface area contributed by atoms with Gasteiger partial charge in [-0.1, -0.05) is 17.7 Å². The molecule has 0 aliphatic carbocycles. The van der Waals surface area contributed by atoms with Gasteiger partial charge in [-0.3, -0.25) is 14.3 Å². The molecule has 2 heterocycles. The van der Waals surface area contributed by atoms with E-state index in [2.05, 4.69) is 4.98 Å². The highest BCUT2D eigenvalue weighted by atomic mass is 35.5. The maximum atomic E-state index is 13.1. The van der Waals surface area contributed by atoms with Gasteiger partial charge in [0.2, 0.25) is 0 Å². The van der Waals surface area contributed by atoms with E-state index >= 15 is 0 Å². The molecule has 2 aromatic rings. The Bertz CT molecular complexity index is 816. The molecule has 0 amide bonds. The number of rotatable bonds is 4. The molecule has 0 spiro atoms. The predicted octanol–water partition coefficient (Wildman–Crippen LogP) is 2.97. The lowest BCUT2D eigenvalue weighted by atomic mass is 10.0. The highest BCUT2D eigenvalue weighted by Crippen LogP contribution is 2.27. The van der Waals surface area contributed by atoms with Crippen molar-refractivity contribution >= 4 is 22.5 Å². The monoisotopic (exact) mass is 370 g/mol. The van der Waals surface area contributed by atoms with Crippen molar-refractivity contribution < 1.29 is 8.78 Å². The molecule has 3 rings (SSSR count). The molecule has 0 bridgehead atoms. The smallest absolute Gasteiger partial charge is 0.263 e. The van der Waals surface area contributed by atoms with E-state index in [0.717, 1.165) is 0 Å². The summed E-state index contributed by atoms with van der Waals surface area (Å²) in [4.78, 5) is 19.4. The van der Waals surface area contributed by atoms with Crippen LogP contribution in [0.1, 0.15) is 37.7 Å². The van der Waals surface area contributed by atoms with Gasteiger partial charge >= 0.3 is 0 Å². The van der Waals surface area contributed by atoms with E-state index in [4.69, 9.17) is 17.3 Å². The summed E-state index contributed by atoms with van der Waals surface area (Å²) < 4.78 is 26.7. The van der Waals surface area contributed by atoms with Crippen molar-refractivity contribution in [3.63, 3.8) is 0 Å². The van der Waals surface area contributed by atoms with Crippen molar-refractivity contribution in [3.05, 3.63) is 39.4 Å². The minimum absolute atomic E-state index is 0.115. The summed E-state index contributed by atoms with van der Waals surface area (Å²) in [6.45, 7) is 2.57. The molecule has 1 aromatic heterocycles. The number of aromatic nitrogens is 2. The Labute approximate surface area is 149 Å². The number of likely N-dealkylation sites (tertiary alicyclic amines) is 1. The number of fused-ring (bicyclic) bond motifs is 1. The van der Waals surface area contributed by atoms with Crippen LogP contribution in [0.5, 0.6) is 0 Å². The number of halogens is 3. The zero-order chi connectivity index (χ0) is 18.1. The Morgan fingerprint density at radius 1 is 1.36 bits per heavy atom. The highest BCUT2D eigenvalue weighted by Gasteiger charge is 2.27. The van der Waals surface area contributed by atoms with Crippen molar-refractivity contribution in [2.45, 2.75) is 38.3 Å². The van der Waals surface area contributed by atoms with Crippen molar-refractivity contribution in [1.82, 2.24) is 14.5 Å². The van der Waals surface area contributed by atoms with Crippen LogP contribution in [0.25, 0.3) is 10.9 Å². The van der Waals surface area contributed by atoms with E-state index < -0.39 is 12.5 Å². The first-order chi connectivity index (χ1) is 11.9. The van der Waals surface area contributed by atoms with Crippen LogP contribution >= 0.6 is 11.6 Å². The Kier molecular flexibility index (Phi) is 5.36. The number of hydrogen-bond donors (Lipinski definition) is 1. The number of piperidine rings is 1. The van der Waals surface area contributed by atoms with Crippen LogP contribution in [-0.4, -0.2) is 40.5 Å². The van der Waals surface area contributed by atoms with Crippen LogP contribution in [0.4, 0.5) is 8.78 Å². The van der Waals surface area contributed by atoms with Gasteiger partial charge in [0.05, 0.1) is 28.5 Å².